The molecule has 2 rings (SSSR count). The molecule has 2 heterocycles. The van der Waals surface area contributed by atoms with Crippen LogP contribution in [-0.2, 0) is 9.59 Å². The molecule has 2 fully saturated rings. The molecule has 0 aromatic carbocycles. The minimum atomic E-state index is -0.473. The number of aliphatic hydroxyl groups is 1. The Morgan fingerprint density at radius 1 is 1.21 bits per heavy atom. The lowest BCUT2D eigenvalue weighted by Crippen LogP contribution is -2.46. The first-order valence-electron chi connectivity index (χ1n) is 7.02. The van der Waals surface area contributed by atoms with Crippen molar-refractivity contribution in [2.75, 3.05) is 32.7 Å². The third kappa shape index (κ3) is 3.67. The zero-order valence-corrected chi connectivity index (χ0v) is 11.5. The predicted octanol–water partition coefficient (Wildman–Crippen LogP) is -0.820. The summed E-state index contributed by atoms with van der Waals surface area (Å²) in [7, 11) is 0. The lowest BCUT2D eigenvalue weighted by atomic mass is 10.1. The summed E-state index contributed by atoms with van der Waals surface area (Å²) in [5.74, 6) is -0.325. The Labute approximate surface area is 113 Å². The van der Waals surface area contributed by atoms with E-state index in [9.17, 15) is 14.7 Å². The standard InChI is InChI=1S/C13H23N3O3/c1-10(17)14-7-13(19)16-8-11(12(18)9-16)15-5-3-2-4-6-15/h11-12,18H,2-9H2,1H3,(H,14,17)/t11-,12-/m0/s1. The number of piperidine rings is 1. The number of rotatable bonds is 3. The van der Waals surface area contributed by atoms with E-state index in [2.05, 4.69) is 10.2 Å². The van der Waals surface area contributed by atoms with Crippen molar-refractivity contribution >= 4 is 11.8 Å². The minimum absolute atomic E-state index is 0.0226. The molecule has 6 nitrogen and oxygen atoms in total. The smallest absolute Gasteiger partial charge is 0.242 e. The molecule has 0 unspecified atom stereocenters. The molecule has 2 atom stereocenters. The van der Waals surface area contributed by atoms with Gasteiger partial charge in [0, 0.05) is 20.0 Å². The van der Waals surface area contributed by atoms with E-state index in [1.807, 2.05) is 0 Å². The van der Waals surface area contributed by atoms with Gasteiger partial charge in [-0.05, 0) is 25.9 Å². The van der Waals surface area contributed by atoms with Gasteiger partial charge in [-0.2, -0.15) is 0 Å². The molecule has 0 aliphatic carbocycles. The van der Waals surface area contributed by atoms with Crippen LogP contribution in [0.5, 0.6) is 0 Å². The second-order valence-electron chi connectivity index (χ2n) is 5.44. The summed E-state index contributed by atoms with van der Waals surface area (Å²) in [6.07, 6.45) is 3.12. The highest BCUT2D eigenvalue weighted by Crippen LogP contribution is 2.20. The van der Waals surface area contributed by atoms with E-state index in [1.165, 1.54) is 26.2 Å². The molecule has 0 spiro atoms. The topological polar surface area (TPSA) is 72.9 Å². The monoisotopic (exact) mass is 269 g/mol. The summed E-state index contributed by atoms with van der Waals surface area (Å²) in [6.45, 7) is 4.38. The molecule has 0 aromatic rings. The van der Waals surface area contributed by atoms with Crippen LogP contribution in [0.1, 0.15) is 26.2 Å². The first-order valence-corrected chi connectivity index (χ1v) is 7.02. The summed E-state index contributed by atoms with van der Waals surface area (Å²) >= 11 is 0. The Kier molecular flexibility index (Phi) is 4.76. The molecule has 6 heteroatoms. The van der Waals surface area contributed by atoms with Crippen LogP contribution in [0.4, 0.5) is 0 Å². The van der Waals surface area contributed by atoms with Gasteiger partial charge in [0.15, 0.2) is 0 Å². The van der Waals surface area contributed by atoms with Crippen LogP contribution < -0.4 is 5.32 Å². The van der Waals surface area contributed by atoms with E-state index in [0.29, 0.717) is 13.1 Å². The lowest BCUT2D eigenvalue weighted by molar-refractivity contribution is -0.132. The molecule has 2 N–H and O–H groups in total. The quantitative estimate of drug-likeness (QED) is 0.702. The maximum Gasteiger partial charge on any atom is 0.242 e. The molecule has 0 bridgehead atoms. The molecule has 2 aliphatic heterocycles. The Bertz CT molecular complexity index is 342. The van der Waals surface area contributed by atoms with Crippen LogP contribution in [0.2, 0.25) is 0 Å². The largest absolute Gasteiger partial charge is 0.390 e. The van der Waals surface area contributed by atoms with Gasteiger partial charge in [-0.25, -0.2) is 0 Å². The molecule has 0 saturated carbocycles. The Morgan fingerprint density at radius 2 is 1.89 bits per heavy atom. The molecule has 2 saturated heterocycles. The fourth-order valence-electron chi connectivity index (χ4n) is 2.89. The van der Waals surface area contributed by atoms with E-state index < -0.39 is 6.10 Å². The van der Waals surface area contributed by atoms with Crippen molar-refractivity contribution in [3.8, 4) is 0 Å². The molecular formula is C13H23N3O3. The third-order valence-corrected chi connectivity index (χ3v) is 3.96. The molecule has 0 radical (unpaired) electrons. The van der Waals surface area contributed by atoms with E-state index in [0.717, 1.165) is 13.1 Å². The fourth-order valence-corrected chi connectivity index (χ4v) is 2.89. The normalized spacial score (nSPS) is 28.4. The van der Waals surface area contributed by atoms with Gasteiger partial charge in [-0.15, -0.1) is 0 Å². The van der Waals surface area contributed by atoms with Crippen molar-refractivity contribution in [3.63, 3.8) is 0 Å². The number of nitrogens with zero attached hydrogens (tertiary/aromatic N) is 2. The molecule has 19 heavy (non-hydrogen) atoms. The van der Waals surface area contributed by atoms with Crippen LogP contribution in [0.25, 0.3) is 0 Å². The Morgan fingerprint density at radius 3 is 2.53 bits per heavy atom. The summed E-state index contributed by atoms with van der Waals surface area (Å²) in [5.41, 5.74) is 0. The number of carbonyl (C=O) groups is 2. The van der Waals surface area contributed by atoms with Gasteiger partial charge >= 0.3 is 0 Å². The van der Waals surface area contributed by atoms with Crippen LogP contribution in [0.15, 0.2) is 0 Å². The van der Waals surface area contributed by atoms with Gasteiger partial charge in [0.2, 0.25) is 11.8 Å². The average Bonchev–Trinajstić information content (AvgIpc) is 2.79. The van der Waals surface area contributed by atoms with Crippen LogP contribution in [0, 0.1) is 0 Å². The summed E-state index contributed by atoms with van der Waals surface area (Å²) < 4.78 is 0. The minimum Gasteiger partial charge on any atom is -0.390 e. The number of carbonyl (C=O) groups excluding carboxylic acids is 2. The molecule has 108 valence electrons. The maximum absolute atomic E-state index is 11.9. The second-order valence-corrected chi connectivity index (χ2v) is 5.44. The van der Waals surface area contributed by atoms with Gasteiger partial charge in [0.1, 0.15) is 0 Å². The average molecular weight is 269 g/mol. The number of amides is 2. The van der Waals surface area contributed by atoms with Crippen LogP contribution in [0.3, 0.4) is 0 Å². The highest BCUT2D eigenvalue weighted by molar-refractivity contribution is 5.83. The Hall–Kier alpha value is -1.14. The van der Waals surface area contributed by atoms with Gasteiger partial charge in [-0.1, -0.05) is 6.42 Å². The molecular weight excluding hydrogens is 246 g/mol. The summed E-state index contributed by atoms with van der Waals surface area (Å²) in [4.78, 5) is 26.6. The van der Waals surface area contributed by atoms with Crippen molar-refractivity contribution in [2.45, 2.75) is 38.3 Å². The van der Waals surface area contributed by atoms with Gasteiger partial charge in [0.05, 0.1) is 18.7 Å². The zero-order chi connectivity index (χ0) is 13.8. The van der Waals surface area contributed by atoms with Crippen molar-refractivity contribution in [1.29, 1.82) is 0 Å². The Balaban J connectivity index is 1.85. The zero-order valence-electron chi connectivity index (χ0n) is 11.5. The second kappa shape index (κ2) is 6.34. The third-order valence-electron chi connectivity index (χ3n) is 3.96. The highest BCUT2D eigenvalue weighted by atomic mass is 16.3. The fraction of sp³-hybridized carbons (Fsp3) is 0.846. The van der Waals surface area contributed by atoms with Gasteiger partial charge in [-0.3, -0.25) is 14.5 Å². The van der Waals surface area contributed by atoms with Crippen molar-refractivity contribution in [2.24, 2.45) is 0 Å². The summed E-state index contributed by atoms with van der Waals surface area (Å²) in [5, 5.41) is 12.6. The van der Waals surface area contributed by atoms with E-state index >= 15 is 0 Å². The molecule has 2 amide bonds. The summed E-state index contributed by atoms with van der Waals surface area (Å²) in [6, 6.07) is 0.0570. The van der Waals surface area contributed by atoms with Gasteiger partial charge in [0.25, 0.3) is 0 Å². The van der Waals surface area contributed by atoms with E-state index in [-0.39, 0.29) is 24.4 Å². The van der Waals surface area contributed by atoms with E-state index in [4.69, 9.17) is 0 Å². The first-order chi connectivity index (χ1) is 9.08. The highest BCUT2D eigenvalue weighted by Gasteiger charge is 2.37. The number of β-amino-alcohol motifs (C(OH)–C–C–N with tert-alkyl or cyclic N) is 1. The van der Waals surface area contributed by atoms with Crippen molar-refractivity contribution in [1.82, 2.24) is 15.1 Å². The van der Waals surface area contributed by atoms with Gasteiger partial charge < -0.3 is 15.3 Å². The predicted molar refractivity (Wildman–Crippen MR) is 70.5 cm³/mol. The maximum atomic E-state index is 11.9. The number of likely N-dealkylation sites (tertiary alicyclic amines) is 2. The molecule has 2 aliphatic rings. The van der Waals surface area contributed by atoms with Crippen molar-refractivity contribution in [3.05, 3.63) is 0 Å². The number of aliphatic hydroxyl groups excluding tert-OH is 1. The number of nitrogens with one attached hydrogen (secondary N) is 1. The van der Waals surface area contributed by atoms with Crippen molar-refractivity contribution < 1.29 is 14.7 Å². The lowest BCUT2D eigenvalue weighted by Gasteiger charge is -2.33. The molecule has 0 aromatic heterocycles. The van der Waals surface area contributed by atoms with E-state index in [1.54, 1.807) is 4.90 Å². The number of hydrogen-bond donors (Lipinski definition) is 2. The number of hydrogen-bond acceptors (Lipinski definition) is 4. The first kappa shape index (κ1) is 14.3. The van der Waals surface area contributed by atoms with Crippen LogP contribution >= 0.6 is 0 Å². The SMILES string of the molecule is CC(=O)NCC(=O)N1C[C@H](O)[C@@H](N2CCCCC2)C1. The van der Waals surface area contributed by atoms with Crippen LogP contribution in [-0.4, -0.2) is 71.6 Å².